The highest BCUT2D eigenvalue weighted by Crippen LogP contribution is 2.28. The van der Waals surface area contributed by atoms with Crippen LogP contribution in [0.1, 0.15) is 30.3 Å². The summed E-state index contributed by atoms with van der Waals surface area (Å²) in [6.07, 6.45) is 1.84. The van der Waals surface area contributed by atoms with E-state index >= 15 is 0 Å². The molecule has 2 aromatic rings. The number of hydrogen-bond donors (Lipinski definition) is 1. The third-order valence-electron chi connectivity index (χ3n) is 2.71. The van der Waals surface area contributed by atoms with E-state index in [4.69, 9.17) is 5.11 Å². The molecule has 4 nitrogen and oxygen atoms in total. The molecule has 0 saturated heterocycles. The summed E-state index contributed by atoms with van der Waals surface area (Å²) in [7, 11) is 0. The minimum absolute atomic E-state index is 0.0304. The third-order valence-corrected chi connectivity index (χ3v) is 5.29. The van der Waals surface area contributed by atoms with E-state index in [0.717, 1.165) is 21.2 Å². The van der Waals surface area contributed by atoms with E-state index in [9.17, 15) is 4.79 Å². The minimum Gasteiger partial charge on any atom is -0.481 e. The van der Waals surface area contributed by atoms with Gasteiger partial charge in [-0.25, -0.2) is 4.98 Å². The number of thiophene rings is 1. The summed E-state index contributed by atoms with van der Waals surface area (Å²) in [6.45, 7) is 4.96. The Kier molecular flexibility index (Phi) is 5.29. The van der Waals surface area contributed by atoms with Gasteiger partial charge < -0.3 is 9.67 Å². The molecule has 2 aromatic heterocycles. The van der Waals surface area contributed by atoms with Gasteiger partial charge in [0.1, 0.15) is 0 Å². The number of carbonyl (C=O) groups is 1. The van der Waals surface area contributed by atoms with Crippen LogP contribution in [-0.4, -0.2) is 26.4 Å². The van der Waals surface area contributed by atoms with Gasteiger partial charge in [0, 0.05) is 16.8 Å². The minimum atomic E-state index is -0.825. The molecular weight excluding hydrogens is 360 g/mol. The van der Waals surface area contributed by atoms with Crippen molar-refractivity contribution >= 4 is 45.0 Å². The van der Waals surface area contributed by atoms with Gasteiger partial charge in [0.15, 0.2) is 5.16 Å². The van der Waals surface area contributed by atoms with Crippen molar-refractivity contribution in [1.29, 1.82) is 0 Å². The zero-order chi connectivity index (χ0) is 14.7. The van der Waals surface area contributed by atoms with E-state index in [0.29, 0.717) is 5.92 Å². The molecule has 7 heteroatoms. The standard InChI is InChI=1S/C13H15BrN2O2S2/c1-8(2)10-5-15-13(19-7-12(17)18)16(10)6-9-3-4-11(14)20-9/h3-5,8H,6-7H2,1-2H3,(H,17,18). The summed E-state index contributed by atoms with van der Waals surface area (Å²) in [4.78, 5) is 16.3. The summed E-state index contributed by atoms with van der Waals surface area (Å²) in [5.41, 5.74) is 1.13. The zero-order valence-corrected chi connectivity index (χ0v) is 14.4. The quantitative estimate of drug-likeness (QED) is 0.774. The molecule has 0 amide bonds. The average Bonchev–Trinajstić information content (AvgIpc) is 2.94. The second-order valence-corrected chi connectivity index (χ2v) is 8.08. The molecule has 2 rings (SSSR count). The van der Waals surface area contributed by atoms with Crippen LogP contribution in [0.3, 0.4) is 0 Å². The number of carboxylic acids is 1. The average molecular weight is 375 g/mol. The van der Waals surface area contributed by atoms with Crippen LogP contribution >= 0.6 is 39.0 Å². The molecule has 0 bridgehead atoms. The van der Waals surface area contributed by atoms with Crippen LogP contribution in [0.5, 0.6) is 0 Å². The summed E-state index contributed by atoms with van der Waals surface area (Å²) in [5.74, 6) is -0.442. The lowest BCUT2D eigenvalue weighted by atomic mass is 10.1. The Morgan fingerprint density at radius 2 is 2.30 bits per heavy atom. The number of nitrogens with zero attached hydrogens (tertiary/aromatic N) is 2. The topological polar surface area (TPSA) is 55.1 Å². The van der Waals surface area contributed by atoms with Crippen LogP contribution < -0.4 is 0 Å². The number of hydrogen-bond acceptors (Lipinski definition) is 4. The number of carboxylic acid groups (broad SMARTS) is 1. The van der Waals surface area contributed by atoms with E-state index in [1.807, 2.05) is 12.3 Å². The van der Waals surface area contributed by atoms with Crippen molar-refractivity contribution in [2.75, 3.05) is 5.75 Å². The molecule has 2 heterocycles. The fourth-order valence-electron chi connectivity index (χ4n) is 1.82. The van der Waals surface area contributed by atoms with Crippen molar-refractivity contribution in [3.8, 4) is 0 Å². The highest BCUT2D eigenvalue weighted by Gasteiger charge is 2.15. The van der Waals surface area contributed by atoms with Gasteiger partial charge in [-0.1, -0.05) is 25.6 Å². The van der Waals surface area contributed by atoms with E-state index in [-0.39, 0.29) is 5.75 Å². The first-order valence-electron chi connectivity index (χ1n) is 6.11. The third kappa shape index (κ3) is 3.86. The molecule has 0 aliphatic rings. The fraction of sp³-hybridized carbons (Fsp3) is 0.385. The molecule has 0 radical (unpaired) electrons. The van der Waals surface area contributed by atoms with Crippen LogP contribution in [0.2, 0.25) is 0 Å². The largest absolute Gasteiger partial charge is 0.481 e. The van der Waals surface area contributed by atoms with Gasteiger partial charge in [0.05, 0.1) is 16.1 Å². The van der Waals surface area contributed by atoms with E-state index in [1.54, 1.807) is 11.3 Å². The predicted octanol–water partition coefficient (Wildman–Crippen LogP) is 4.06. The fourth-order valence-corrected chi connectivity index (χ4v) is 4.00. The number of imidazole rings is 1. The molecule has 0 aliphatic carbocycles. The van der Waals surface area contributed by atoms with E-state index < -0.39 is 5.97 Å². The first-order chi connectivity index (χ1) is 9.47. The molecule has 0 unspecified atom stereocenters. The highest BCUT2D eigenvalue weighted by molar-refractivity contribution is 9.11. The number of aromatic nitrogens is 2. The Labute approximate surface area is 134 Å². The Balaban J connectivity index is 2.26. The van der Waals surface area contributed by atoms with Gasteiger partial charge >= 0.3 is 5.97 Å². The Morgan fingerprint density at radius 1 is 1.55 bits per heavy atom. The Hall–Kier alpha value is -0.790. The highest BCUT2D eigenvalue weighted by atomic mass is 79.9. The Bertz CT molecular complexity index is 607. The maximum absolute atomic E-state index is 10.7. The molecule has 0 atom stereocenters. The molecule has 0 saturated carbocycles. The molecule has 20 heavy (non-hydrogen) atoms. The van der Waals surface area contributed by atoms with Crippen molar-refractivity contribution < 1.29 is 9.90 Å². The van der Waals surface area contributed by atoms with Crippen LogP contribution in [0, 0.1) is 0 Å². The SMILES string of the molecule is CC(C)c1cnc(SCC(=O)O)n1Cc1ccc(Br)s1. The van der Waals surface area contributed by atoms with E-state index in [1.165, 1.54) is 16.6 Å². The molecular formula is C13H15BrN2O2S2. The molecule has 0 fully saturated rings. The molecule has 108 valence electrons. The van der Waals surface area contributed by atoms with Crippen molar-refractivity contribution in [3.05, 3.63) is 32.7 Å². The maximum Gasteiger partial charge on any atom is 0.313 e. The predicted molar refractivity (Wildman–Crippen MR) is 85.8 cm³/mol. The lowest BCUT2D eigenvalue weighted by Crippen LogP contribution is -2.07. The van der Waals surface area contributed by atoms with Crippen molar-refractivity contribution in [2.24, 2.45) is 0 Å². The van der Waals surface area contributed by atoms with Crippen molar-refractivity contribution in [2.45, 2.75) is 31.5 Å². The zero-order valence-electron chi connectivity index (χ0n) is 11.2. The summed E-state index contributed by atoms with van der Waals surface area (Å²) in [6, 6.07) is 4.10. The second-order valence-electron chi connectivity index (χ2n) is 4.59. The smallest absolute Gasteiger partial charge is 0.313 e. The number of rotatable bonds is 6. The summed E-state index contributed by atoms with van der Waals surface area (Å²) < 4.78 is 3.20. The van der Waals surface area contributed by atoms with Crippen LogP contribution in [-0.2, 0) is 11.3 Å². The normalized spacial score (nSPS) is 11.2. The van der Waals surface area contributed by atoms with Gasteiger partial charge in [0.2, 0.25) is 0 Å². The van der Waals surface area contributed by atoms with Gasteiger partial charge in [-0.2, -0.15) is 0 Å². The lowest BCUT2D eigenvalue weighted by Gasteiger charge is -2.12. The van der Waals surface area contributed by atoms with Crippen LogP contribution in [0.4, 0.5) is 0 Å². The lowest BCUT2D eigenvalue weighted by molar-refractivity contribution is -0.133. The number of halogens is 1. The van der Waals surface area contributed by atoms with Gasteiger partial charge in [-0.3, -0.25) is 4.79 Å². The van der Waals surface area contributed by atoms with Gasteiger partial charge in [-0.05, 0) is 34.0 Å². The first-order valence-corrected chi connectivity index (χ1v) is 8.71. The van der Waals surface area contributed by atoms with Crippen molar-refractivity contribution in [3.63, 3.8) is 0 Å². The van der Waals surface area contributed by atoms with Gasteiger partial charge in [0.25, 0.3) is 0 Å². The molecule has 0 aliphatic heterocycles. The summed E-state index contributed by atoms with van der Waals surface area (Å²) in [5, 5.41) is 9.58. The monoisotopic (exact) mass is 374 g/mol. The maximum atomic E-state index is 10.7. The molecule has 0 spiro atoms. The van der Waals surface area contributed by atoms with E-state index in [2.05, 4.69) is 45.4 Å². The first kappa shape index (κ1) is 15.6. The number of aliphatic carboxylic acids is 1. The molecule has 0 aromatic carbocycles. The molecule has 1 N–H and O–H groups in total. The van der Waals surface area contributed by atoms with Crippen LogP contribution in [0.25, 0.3) is 0 Å². The van der Waals surface area contributed by atoms with Gasteiger partial charge in [-0.15, -0.1) is 11.3 Å². The second kappa shape index (κ2) is 6.78. The summed E-state index contributed by atoms with van der Waals surface area (Å²) >= 11 is 6.41. The van der Waals surface area contributed by atoms with Crippen molar-refractivity contribution in [1.82, 2.24) is 9.55 Å². The number of thioether (sulfide) groups is 1. The Morgan fingerprint density at radius 3 is 2.85 bits per heavy atom. The van der Waals surface area contributed by atoms with Crippen LogP contribution in [0.15, 0.2) is 27.3 Å².